The molecule has 1 amide bonds. The molecule has 148 valence electrons. The summed E-state index contributed by atoms with van der Waals surface area (Å²) in [6.45, 7) is 9.53. The summed E-state index contributed by atoms with van der Waals surface area (Å²) in [5.41, 5.74) is 5.22. The van der Waals surface area contributed by atoms with Crippen molar-refractivity contribution in [3.8, 4) is 0 Å². The van der Waals surface area contributed by atoms with Gasteiger partial charge < -0.3 is 15.1 Å². The average Bonchev–Trinajstić information content (AvgIpc) is 2.76. The van der Waals surface area contributed by atoms with Crippen molar-refractivity contribution in [2.75, 3.05) is 44.2 Å². The summed E-state index contributed by atoms with van der Waals surface area (Å²) in [4.78, 5) is 17.9. The maximum Gasteiger partial charge on any atom is 0.227 e. The Morgan fingerprint density at radius 2 is 1.75 bits per heavy atom. The van der Waals surface area contributed by atoms with Gasteiger partial charge in [0.05, 0.1) is 5.92 Å². The molecule has 0 saturated carbocycles. The Kier molecular flexibility index (Phi) is 5.67. The van der Waals surface area contributed by atoms with Gasteiger partial charge in [-0.2, -0.15) is 0 Å². The molecule has 0 aliphatic carbocycles. The number of piperidine rings is 1. The van der Waals surface area contributed by atoms with E-state index in [2.05, 4.69) is 71.4 Å². The maximum absolute atomic E-state index is 13.4. The van der Waals surface area contributed by atoms with E-state index in [1.807, 2.05) is 6.07 Å². The Morgan fingerprint density at radius 1 is 1.00 bits per heavy atom. The van der Waals surface area contributed by atoms with E-state index in [-0.39, 0.29) is 5.92 Å². The molecule has 4 heteroatoms. The Bertz CT molecular complexity index is 812. The van der Waals surface area contributed by atoms with Crippen LogP contribution in [0, 0.1) is 19.8 Å². The van der Waals surface area contributed by atoms with Gasteiger partial charge in [0.15, 0.2) is 0 Å². The first-order valence-electron chi connectivity index (χ1n) is 10.5. The maximum atomic E-state index is 13.4. The molecular formula is C24H31N3O. The number of nitrogens with zero attached hydrogens (tertiary/aromatic N) is 2. The largest absolute Gasteiger partial charge is 0.368 e. The van der Waals surface area contributed by atoms with Gasteiger partial charge in [0.25, 0.3) is 0 Å². The van der Waals surface area contributed by atoms with Crippen LogP contribution in [0.4, 0.5) is 5.69 Å². The number of carbonyl (C=O) groups is 1. The number of piperazine rings is 1. The van der Waals surface area contributed by atoms with E-state index in [1.54, 1.807) is 0 Å². The molecule has 0 radical (unpaired) electrons. The highest BCUT2D eigenvalue weighted by atomic mass is 16.2. The van der Waals surface area contributed by atoms with E-state index >= 15 is 0 Å². The Balaban J connectivity index is 1.43. The molecule has 2 aromatic rings. The lowest BCUT2D eigenvalue weighted by molar-refractivity contribution is -0.137. The fourth-order valence-corrected chi connectivity index (χ4v) is 4.68. The second-order valence-electron chi connectivity index (χ2n) is 8.22. The summed E-state index contributed by atoms with van der Waals surface area (Å²) < 4.78 is 0. The molecular weight excluding hydrogens is 346 g/mol. The van der Waals surface area contributed by atoms with Crippen molar-refractivity contribution in [2.45, 2.75) is 26.2 Å². The summed E-state index contributed by atoms with van der Waals surface area (Å²) in [5.74, 6) is 0.692. The fourth-order valence-electron chi connectivity index (χ4n) is 4.68. The van der Waals surface area contributed by atoms with Crippen LogP contribution in [0.5, 0.6) is 0 Å². The zero-order chi connectivity index (χ0) is 19.5. The normalized spacial score (nSPS) is 22.9. The molecule has 2 fully saturated rings. The van der Waals surface area contributed by atoms with Gasteiger partial charge in [-0.1, -0.05) is 42.5 Å². The van der Waals surface area contributed by atoms with Gasteiger partial charge in [0, 0.05) is 38.4 Å². The van der Waals surface area contributed by atoms with E-state index in [0.717, 1.165) is 45.7 Å². The molecule has 4 rings (SSSR count). The van der Waals surface area contributed by atoms with Gasteiger partial charge in [-0.05, 0) is 55.5 Å². The molecule has 2 heterocycles. The van der Waals surface area contributed by atoms with Gasteiger partial charge in [-0.3, -0.25) is 4.79 Å². The Labute approximate surface area is 168 Å². The number of benzene rings is 2. The first-order valence-corrected chi connectivity index (χ1v) is 10.5. The monoisotopic (exact) mass is 377 g/mol. The van der Waals surface area contributed by atoms with Crippen molar-refractivity contribution in [1.82, 2.24) is 10.2 Å². The highest BCUT2D eigenvalue weighted by molar-refractivity contribution is 5.80. The van der Waals surface area contributed by atoms with Crippen LogP contribution in [0.3, 0.4) is 0 Å². The molecule has 2 atom stereocenters. The van der Waals surface area contributed by atoms with Gasteiger partial charge in [-0.15, -0.1) is 0 Å². The van der Waals surface area contributed by atoms with Crippen LogP contribution < -0.4 is 10.2 Å². The summed E-state index contributed by atoms with van der Waals surface area (Å²) >= 11 is 0. The Morgan fingerprint density at radius 3 is 2.50 bits per heavy atom. The number of hydrogen-bond acceptors (Lipinski definition) is 3. The first-order chi connectivity index (χ1) is 13.6. The van der Waals surface area contributed by atoms with E-state index in [1.165, 1.54) is 22.4 Å². The lowest BCUT2D eigenvalue weighted by atomic mass is 9.80. The minimum atomic E-state index is 0.0448. The van der Waals surface area contributed by atoms with Crippen molar-refractivity contribution in [2.24, 2.45) is 5.92 Å². The molecule has 4 nitrogen and oxygen atoms in total. The summed E-state index contributed by atoms with van der Waals surface area (Å²) in [7, 11) is 0. The summed E-state index contributed by atoms with van der Waals surface area (Å²) in [6, 6.07) is 17.2. The van der Waals surface area contributed by atoms with Gasteiger partial charge in [-0.25, -0.2) is 0 Å². The second-order valence-corrected chi connectivity index (χ2v) is 8.22. The quantitative estimate of drug-likeness (QED) is 0.891. The van der Waals surface area contributed by atoms with Gasteiger partial charge in [0.2, 0.25) is 5.91 Å². The number of hydrogen-bond donors (Lipinski definition) is 1. The predicted octanol–water partition coefficient (Wildman–Crippen LogP) is 3.35. The van der Waals surface area contributed by atoms with Crippen LogP contribution in [-0.2, 0) is 4.79 Å². The van der Waals surface area contributed by atoms with E-state index in [9.17, 15) is 4.79 Å². The number of amides is 1. The minimum Gasteiger partial charge on any atom is -0.368 e. The third-order valence-electron chi connectivity index (χ3n) is 6.32. The first kappa shape index (κ1) is 19.0. The zero-order valence-corrected chi connectivity index (χ0v) is 17.0. The smallest absolute Gasteiger partial charge is 0.227 e. The molecule has 28 heavy (non-hydrogen) atoms. The topological polar surface area (TPSA) is 35.6 Å². The SMILES string of the molecule is Cc1ccc(C)c(N2CCN(C(=O)[C@H]3CNCC[C@@H]3c3ccccc3)CC2)c1. The standard InChI is InChI=1S/C24H31N3O/c1-18-8-9-19(2)23(16-18)26-12-14-27(15-13-26)24(28)22-17-25-11-10-21(22)20-6-4-3-5-7-20/h3-9,16,21-22,25H,10-15,17H2,1-2H3/t21-,22+/m1/s1. The van der Waals surface area contributed by atoms with E-state index in [4.69, 9.17) is 0 Å². The molecule has 2 aliphatic rings. The van der Waals surface area contributed by atoms with Crippen LogP contribution in [-0.4, -0.2) is 50.1 Å². The average molecular weight is 378 g/mol. The molecule has 0 spiro atoms. The van der Waals surface area contributed by atoms with Crippen LogP contribution >= 0.6 is 0 Å². The highest BCUT2D eigenvalue weighted by Crippen LogP contribution is 2.32. The fraction of sp³-hybridized carbons (Fsp3) is 0.458. The van der Waals surface area contributed by atoms with Crippen molar-refractivity contribution in [1.29, 1.82) is 0 Å². The molecule has 0 aromatic heterocycles. The van der Waals surface area contributed by atoms with Gasteiger partial charge in [0.1, 0.15) is 0 Å². The lowest BCUT2D eigenvalue weighted by Gasteiger charge is -2.40. The number of rotatable bonds is 3. The van der Waals surface area contributed by atoms with Crippen molar-refractivity contribution in [3.05, 3.63) is 65.2 Å². The number of anilines is 1. The van der Waals surface area contributed by atoms with Gasteiger partial charge >= 0.3 is 0 Å². The molecule has 2 aliphatic heterocycles. The second kappa shape index (κ2) is 8.36. The van der Waals surface area contributed by atoms with Crippen LogP contribution in [0.1, 0.15) is 29.0 Å². The molecule has 2 aromatic carbocycles. The Hall–Kier alpha value is -2.33. The zero-order valence-electron chi connectivity index (χ0n) is 17.0. The third-order valence-corrected chi connectivity index (χ3v) is 6.32. The molecule has 0 bridgehead atoms. The van der Waals surface area contributed by atoms with Crippen molar-refractivity contribution in [3.63, 3.8) is 0 Å². The van der Waals surface area contributed by atoms with Crippen LogP contribution in [0.25, 0.3) is 0 Å². The van der Waals surface area contributed by atoms with Crippen LogP contribution in [0.15, 0.2) is 48.5 Å². The number of nitrogens with one attached hydrogen (secondary N) is 1. The third kappa shape index (κ3) is 3.93. The lowest BCUT2D eigenvalue weighted by Crippen LogP contribution is -2.53. The van der Waals surface area contributed by atoms with Crippen molar-refractivity contribution < 1.29 is 4.79 Å². The molecule has 0 unspecified atom stereocenters. The highest BCUT2D eigenvalue weighted by Gasteiger charge is 2.35. The molecule has 2 saturated heterocycles. The van der Waals surface area contributed by atoms with Crippen LogP contribution in [0.2, 0.25) is 0 Å². The predicted molar refractivity (Wildman–Crippen MR) is 115 cm³/mol. The molecule has 1 N–H and O–H groups in total. The number of carbonyl (C=O) groups excluding carboxylic acids is 1. The van der Waals surface area contributed by atoms with E-state index < -0.39 is 0 Å². The van der Waals surface area contributed by atoms with Crippen molar-refractivity contribution >= 4 is 11.6 Å². The van der Waals surface area contributed by atoms with E-state index in [0.29, 0.717) is 11.8 Å². The summed E-state index contributed by atoms with van der Waals surface area (Å²) in [6.07, 6.45) is 1.03. The summed E-state index contributed by atoms with van der Waals surface area (Å²) in [5, 5.41) is 3.44. The minimum absolute atomic E-state index is 0.0448. The number of aryl methyl sites for hydroxylation is 2.